The molecular weight excluding hydrogens is 350 g/mol. The van der Waals surface area contributed by atoms with Crippen LogP contribution in [0.5, 0.6) is 0 Å². The number of carbonyl (C=O) groups excluding carboxylic acids is 1. The molecule has 0 radical (unpaired) electrons. The molecule has 7 heteroatoms. The van der Waals surface area contributed by atoms with Crippen molar-refractivity contribution in [1.82, 2.24) is 9.21 Å². The summed E-state index contributed by atoms with van der Waals surface area (Å²) in [5, 5.41) is 9.15. The highest BCUT2D eigenvalue weighted by Crippen LogP contribution is 2.27. The maximum Gasteiger partial charge on any atom is 0.244 e. The Balaban J connectivity index is 2.05. The lowest BCUT2D eigenvalue weighted by Crippen LogP contribution is -2.51. The number of hydrogen-bond donors (Lipinski definition) is 0. The molecule has 1 heterocycles. The summed E-state index contributed by atoms with van der Waals surface area (Å²) in [5.41, 5.74) is -0.0227. The molecule has 2 rings (SSSR count). The van der Waals surface area contributed by atoms with Crippen molar-refractivity contribution in [3.63, 3.8) is 0 Å². The van der Waals surface area contributed by atoms with Crippen molar-refractivity contribution in [2.24, 2.45) is 5.41 Å². The molecule has 140 valence electrons. The van der Waals surface area contributed by atoms with Crippen LogP contribution in [0.25, 0.3) is 0 Å². The largest absolute Gasteiger partial charge is 0.340 e. The first-order valence-corrected chi connectivity index (χ1v) is 10.0. The number of rotatable bonds is 6. The fourth-order valence-corrected chi connectivity index (χ4v) is 4.65. The van der Waals surface area contributed by atoms with E-state index < -0.39 is 10.0 Å². The average Bonchev–Trinajstić information content (AvgIpc) is 2.61. The summed E-state index contributed by atoms with van der Waals surface area (Å²) in [5.74, 6) is 0.0336. The Morgan fingerprint density at radius 2 is 1.88 bits per heavy atom. The normalized spacial score (nSPS) is 16.1. The van der Waals surface area contributed by atoms with Gasteiger partial charge in [0.15, 0.2) is 0 Å². The predicted octanol–water partition coefficient (Wildman–Crippen LogP) is 2.38. The summed E-state index contributed by atoms with van der Waals surface area (Å²) in [6.07, 6.45) is 2.96. The second-order valence-corrected chi connectivity index (χ2v) is 9.13. The van der Waals surface area contributed by atoms with Crippen LogP contribution < -0.4 is 0 Å². The molecular formula is C19H25N3O3S. The minimum Gasteiger partial charge on any atom is -0.340 e. The maximum absolute atomic E-state index is 12.8. The van der Waals surface area contributed by atoms with Crippen LogP contribution in [0.3, 0.4) is 0 Å². The maximum atomic E-state index is 12.8. The van der Waals surface area contributed by atoms with Crippen LogP contribution in [0.15, 0.2) is 41.8 Å². The summed E-state index contributed by atoms with van der Waals surface area (Å²) >= 11 is 0. The van der Waals surface area contributed by atoms with E-state index in [0.29, 0.717) is 19.5 Å². The van der Waals surface area contributed by atoms with Crippen LogP contribution in [0.2, 0.25) is 0 Å². The Morgan fingerprint density at radius 3 is 2.46 bits per heavy atom. The molecule has 1 aliphatic heterocycles. The summed E-state index contributed by atoms with van der Waals surface area (Å²) in [4.78, 5) is 14.2. The van der Waals surface area contributed by atoms with Gasteiger partial charge in [-0.25, -0.2) is 8.42 Å². The van der Waals surface area contributed by atoms with E-state index in [2.05, 4.69) is 6.58 Å². The molecule has 6 nitrogen and oxygen atoms in total. The van der Waals surface area contributed by atoms with Gasteiger partial charge < -0.3 is 4.90 Å². The van der Waals surface area contributed by atoms with Gasteiger partial charge in [-0.3, -0.25) is 4.79 Å². The lowest BCUT2D eigenvalue weighted by molar-refractivity contribution is -0.134. The van der Waals surface area contributed by atoms with Gasteiger partial charge in [0, 0.05) is 32.6 Å². The molecule has 1 aliphatic rings. The van der Waals surface area contributed by atoms with Crippen LogP contribution in [0, 0.1) is 16.7 Å². The third-order valence-electron chi connectivity index (χ3n) is 4.54. The molecule has 1 amide bonds. The first-order valence-electron chi connectivity index (χ1n) is 8.59. The number of hydrogen-bond acceptors (Lipinski definition) is 4. The highest BCUT2D eigenvalue weighted by Gasteiger charge is 2.32. The third-order valence-corrected chi connectivity index (χ3v) is 6.50. The minimum absolute atomic E-state index is 0.0226. The van der Waals surface area contributed by atoms with Gasteiger partial charge >= 0.3 is 0 Å². The summed E-state index contributed by atoms with van der Waals surface area (Å²) in [6.45, 7) is 8.94. The Hall–Kier alpha value is -2.17. The number of nitriles is 1. The van der Waals surface area contributed by atoms with Crippen LogP contribution >= 0.6 is 0 Å². The number of amides is 1. The van der Waals surface area contributed by atoms with Crippen molar-refractivity contribution in [2.45, 2.75) is 31.6 Å². The van der Waals surface area contributed by atoms with Gasteiger partial charge in [-0.05, 0) is 24.0 Å². The van der Waals surface area contributed by atoms with E-state index in [9.17, 15) is 13.2 Å². The fourth-order valence-electron chi connectivity index (χ4n) is 3.08. The van der Waals surface area contributed by atoms with Crippen molar-refractivity contribution in [3.05, 3.63) is 42.5 Å². The van der Waals surface area contributed by atoms with E-state index in [1.54, 1.807) is 17.0 Å². The molecule has 0 aliphatic carbocycles. The van der Waals surface area contributed by atoms with Crippen molar-refractivity contribution >= 4 is 15.9 Å². The van der Waals surface area contributed by atoms with Gasteiger partial charge in [-0.2, -0.15) is 9.57 Å². The number of allylic oxidation sites excluding steroid dienone is 1. The number of benzene rings is 1. The molecule has 0 bridgehead atoms. The van der Waals surface area contributed by atoms with Crippen molar-refractivity contribution in [2.75, 3.05) is 26.2 Å². The Kier molecular flexibility index (Phi) is 6.21. The molecule has 0 N–H and O–H groups in total. The zero-order chi connectivity index (χ0) is 19.4. The second kappa shape index (κ2) is 8.02. The van der Waals surface area contributed by atoms with Crippen LogP contribution in [-0.2, 0) is 14.8 Å². The predicted molar refractivity (Wildman–Crippen MR) is 99.7 cm³/mol. The number of piperazine rings is 1. The monoisotopic (exact) mass is 375 g/mol. The van der Waals surface area contributed by atoms with E-state index in [4.69, 9.17) is 5.26 Å². The first kappa shape index (κ1) is 20.1. The minimum atomic E-state index is -3.74. The highest BCUT2D eigenvalue weighted by molar-refractivity contribution is 7.89. The van der Waals surface area contributed by atoms with Gasteiger partial charge in [-0.15, -0.1) is 6.58 Å². The summed E-state index contributed by atoms with van der Waals surface area (Å²) in [6, 6.07) is 8.11. The van der Waals surface area contributed by atoms with E-state index >= 15 is 0 Å². The van der Waals surface area contributed by atoms with Gasteiger partial charge in [0.05, 0.1) is 10.5 Å². The SMILES string of the molecule is C=CCC(C)(C)CC(=O)N1CCN(S(=O)(=O)c2ccccc2C#N)CC1. The van der Waals surface area contributed by atoms with Crippen LogP contribution in [0.1, 0.15) is 32.3 Å². The number of sulfonamides is 1. The molecule has 1 fully saturated rings. The van der Waals surface area contributed by atoms with Gasteiger partial charge in [-0.1, -0.05) is 32.1 Å². The molecule has 0 atom stereocenters. The molecule has 1 aromatic rings. The molecule has 0 spiro atoms. The van der Waals surface area contributed by atoms with Crippen LogP contribution in [-0.4, -0.2) is 49.7 Å². The smallest absolute Gasteiger partial charge is 0.244 e. The molecule has 0 aromatic heterocycles. The van der Waals surface area contributed by atoms with E-state index in [-0.39, 0.29) is 34.9 Å². The van der Waals surface area contributed by atoms with Crippen LogP contribution in [0.4, 0.5) is 0 Å². The molecule has 0 saturated carbocycles. The first-order chi connectivity index (χ1) is 12.2. The Labute approximate surface area is 155 Å². The highest BCUT2D eigenvalue weighted by atomic mass is 32.2. The van der Waals surface area contributed by atoms with Crippen molar-refractivity contribution in [1.29, 1.82) is 5.26 Å². The molecule has 1 saturated heterocycles. The van der Waals surface area contributed by atoms with E-state index in [1.165, 1.54) is 16.4 Å². The number of nitrogens with zero attached hydrogens (tertiary/aromatic N) is 3. The van der Waals surface area contributed by atoms with Gasteiger partial charge in [0.2, 0.25) is 15.9 Å². The quantitative estimate of drug-likeness (QED) is 0.715. The second-order valence-electron chi connectivity index (χ2n) is 7.23. The van der Waals surface area contributed by atoms with Gasteiger partial charge in [0.25, 0.3) is 0 Å². The number of carbonyl (C=O) groups is 1. The lowest BCUT2D eigenvalue weighted by Gasteiger charge is -2.35. The zero-order valence-electron chi connectivity index (χ0n) is 15.3. The topological polar surface area (TPSA) is 81.5 Å². The molecule has 0 unspecified atom stereocenters. The lowest BCUT2D eigenvalue weighted by atomic mass is 9.85. The molecule has 1 aromatic carbocycles. The summed E-state index contributed by atoms with van der Waals surface area (Å²) < 4.78 is 27.0. The Morgan fingerprint density at radius 1 is 1.27 bits per heavy atom. The standard InChI is InChI=1S/C19H25N3O3S/c1-4-9-19(2,3)14-18(23)21-10-12-22(13-11-21)26(24,25)17-8-6-5-7-16(17)15-20/h4-8H,1,9-14H2,2-3H3. The van der Waals surface area contributed by atoms with E-state index in [0.717, 1.165) is 6.42 Å². The average molecular weight is 375 g/mol. The van der Waals surface area contributed by atoms with Crippen molar-refractivity contribution in [3.8, 4) is 6.07 Å². The fraction of sp³-hybridized carbons (Fsp3) is 0.474. The Bertz CT molecular complexity index is 817. The zero-order valence-corrected chi connectivity index (χ0v) is 16.1. The molecule has 26 heavy (non-hydrogen) atoms. The van der Waals surface area contributed by atoms with Gasteiger partial charge in [0.1, 0.15) is 6.07 Å². The third kappa shape index (κ3) is 4.51. The summed E-state index contributed by atoms with van der Waals surface area (Å²) in [7, 11) is -3.74. The van der Waals surface area contributed by atoms with Crippen molar-refractivity contribution < 1.29 is 13.2 Å². The van der Waals surface area contributed by atoms with E-state index in [1.807, 2.05) is 26.0 Å².